The maximum absolute atomic E-state index is 6.06. The number of methoxy groups -OCH3 is 1. The van der Waals surface area contributed by atoms with Crippen molar-refractivity contribution in [2.45, 2.75) is 19.2 Å². The highest BCUT2D eigenvalue weighted by atomic mass is 35.5. The molecule has 0 amide bonds. The highest BCUT2D eigenvalue weighted by Gasteiger charge is 2.12. The predicted octanol–water partition coefficient (Wildman–Crippen LogP) is 3.76. The first kappa shape index (κ1) is 12.8. The summed E-state index contributed by atoms with van der Waals surface area (Å²) in [6.45, 7) is 3.85. The molecule has 2 rings (SSSR count). The van der Waals surface area contributed by atoms with Gasteiger partial charge in [0.2, 0.25) is 0 Å². The van der Waals surface area contributed by atoms with Gasteiger partial charge in [0.05, 0.1) is 18.1 Å². The smallest absolute Gasteiger partial charge is 0.163 e. The molecule has 0 radical (unpaired) electrons. The Balaban J connectivity index is 2.49. The summed E-state index contributed by atoms with van der Waals surface area (Å²) in [6.07, 6.45) is 1.78. The molecule has 0 saturated heterocycles. The molecule has 1 aromatic carbocycles. The first-order valence-corrected chi connectivity index (χ1v) is 6.18. The lowest BCUT2D eigenvalue weighted by molar-refractivity contribution is 0.416. The zero-order chi connectivity index (χ0) is 13.1. The summed E-state index contributed by atoms with van der Waals surface area (Å²) < 4.78 is 5.31. The van der Waals surface area contributed by atoms with Gasteiger partial charge in [-0.3, -0.25) is 0 Å². The van der Waals surface area contributed by atoms with Gasteiger partial charge < -0.3 is 4.74 Å². The van der Waals surface area contributed by atoms with Gasteiger partial charge in [-0.2, -0.15) is 0 Å². The molecule has 4 heteroatoms. The number of alkyl halides is 1. The molecule has 0 bridgehead atoms. The molecule has 1 heterocycles. The second kappa shape index (κ2) is 5.36. The molecule has 2 aromatic rings. The van der Waals surface area contributed by atoms with E-state index in [2.05, 4.69) is 9.97 Å². The topological polar surface area (TPSA) is 35.0 Å². The average Bonchev–Trinajstić information content (AvgIpc) is 2.38. The minimum atomic E-state index is -0.0864. The number of ether oxygens (including phenoxy) is 1. The maximum Gasteiger partial charge on any atom is 0.163 e. The number of benzene rings is 1. The molecule has 0 aliphatic heterocycles. The number of halogens is 1. The zero-order valence-corrected chi connectivity index (χ0v) is 11.4. The van der Waals surface area contributed by atoms with Crippen LogP contribution in [0.3, 0.4) is 0 Å². The molecule has 0 aliphatic rings. The van der Waals surface area contributed by atoms with E-state index in [9.17, 15) is 0 Å². The molecule has 0 N–H and O–H groups in total. The summed E-state index contributed by atoms with van der Waals surface area (Å²) in [7, 11) is 1.64. The van der Waals surface area contributed by atoms with Crippen molar-refractivity contribution in [3.8, 4) is 17.1 Å². The molecule has 0 spiro atoms. The van der Waals surface area contributed by atoms with Crippen molar-refractivity contribution < 1.29 is 4.74 Å². The Morgan fingerprint density at radius 1 is 1.28 bits per heavy atom. The maximum atomic E-state index is 6.06. The summed E-state index contributed by atoms with van der Waals surface area (Å²) in [5.41, 5.74) is 2.74. The Hall–Kier alpha value is -1.61. The molecule has 3 nitrogen and oxygen atoms in total. The van der Waals surface area contributed by atoms with Crippen LogP contribution in [-0.2, 0) is 0 Å². The Bertz CT molecular complexity index is 555. The Morgan fingerprint density at radius 3 is 2.61 bits per heavy atom. The number of rotatable bonds is 3. The first-order chi connectivity index (χ1) is 8.63. The Labute approximate surface area is 112 Å². The zero-order valence-electron chi connectivity index (χ0n) is 10.6. The van der Waals surface area contributed by atoms with Crippen molar-refractivity contribution in [2.24, 2.45) is 0 Å². The van der Waals surface area contributed by atoms with Crippen LogP contribution in [0.4, 0.5) is 0 Å². The van der Waals surface area contributed by atoms with E-state index in [0.29, 0.717) is 5.82 Å². The Morgan fingerprint density at radius 2 is 2.00 bits per heavy atom. The van der Waals surface area contributed by atoms with E-state index in [1.807, 2.05) is 38.1 Å². The monoisotopic (exact) mass is 262 g/mol. The van der Waals surface area contributed by atoms with Crippen LogP contribution in [0.1, 0.15) is 23.6 Å². The molecule has 1 aromatic heterocycles. The van der Waals surface area contributed by atoms with Crippen LogP contribution in [0.15, 0.2) is 30.5 Å². The first-order valence-electron chi connectivity index (χ1n) is 5.74. The van der Waals surface area contributed by atoms with E-state index < -0.39 is 0 Å². The number of aryl methyl sites for hydroxylation is 1. The minimum Gasteiger partial charge on any atom is -0.496 e. The third kappa shape index (κ3) is 2.46. The quantitative estimate of drug-likeness (QED) is 0.790. The number of nitrogens with zero attached hydrogens (tertiary/aromatic N) is 2. The molecule has 18 heavy (non-hydrogen) atoms. The normalized spacial score (nSPS) is 12.2. The fourth-order valence-corrected chi connectivity index (χ4v) is 2.04. The van der Waals surface area contributed by atoms with Gasteiger partial charge in [0.25, 0.3) is 0 Å². The van der Waals surface area contributed by atoms with Crippen molar-refractivity contribution >= 4 is 11.6 Å². The van der Waals surface area contributed by atoms with Gasteiger partial charge in [-0.1, -0.05) is 12.1 Å². The van der Waals surface area contributed by atoms with E-state index in [1.54, 1.807) is 13.3 Å². The fourth-order valence-electron chi connectivity index (χ4n) is 1.83. The predicted molar refractivity (Wildman–Crippen MR) is 73.0 cm³/mol. The number of hydrogen-bond donors (Lipinski definition) is 0. The Kier molecular flexibility index (Phi) is 3.82. The van der Waals surface area contributed by atoms with E-state index in [1.165, 1.54) is 0 Å². The van der Waals surface area contributed by atoms with Gasteiger partial charge in [-0.25, -0.2) is 9.97 Å². The number of aromatic nitrogens is 2. The van der Waals surface area contributed by atoms with E-state index in [0.717, 1.165) is 22.6 Å². The molecule has 94 valence electrons. The van der Waals surface area contributed by atoms with E-state index in [-0.39, 0.29) is 5.38 Å². The van der Waals surface area contributed by atoms with Crippen LogP contribution in [0, 0.1) is 6.92 Å². The van der Waals surface area contributed by atoms with Gasteiger partial charge in [-0.05, 0) is 26.0 Å². The van der Waals surface area contributed by atoms with E-state index >= 15 is 0 Å². The van der Waals surface area contributed by atoms with Gasteiger partial charge in [-0.15, -0.1) is 11.6 Å². The standard InChI is InChI=1S/C14H15ClN2O/c1-9(15)12-8-16-14(17-10(12)2)11-6-4-5-7-13(11)18-3/h4-9H,1-3H3. The largest absolute Gasteiger partial charge is 0.496 e. The summed E-state index contributed by atoms with van der Waals surface area (Å²) in [4.78, 5) is 8.86. The average molecular weight is 263 g/mol. The van der Waals surface area contributed by atoms with Crippen molar-refractivity contribution in [3.63, 3.8) is 0 Å². The summed E-state index contributed by atoms with van der Waals surface area (Å²) >= 11 is 6.06. The molecular weight excluding hydrogens is 248 g/mol. The molecule has 0 aliphatic carbocycles. The molecular formula is C14H15ClN2O. The van der Waals surface area contributed by atoms with Crippen molar-refractivity contribution in [1.82, 2.24) is 9.97 Å². The number of hydrogen-bond acceptors (Lipinski definition) is 3. The lowest BCUT2D eigenvalue weighted by atomic mass is 10.1. The summed E-state index contributed by atoms with van der Waals surface area (Å²) in [5, 5.41) is -0.0864. The lowest BCUT2D eigenvalue weighted by Gasteiger charge is -2.10. The van der Waals surface area contributed by atoms with Gasteiger partial charge in [0.1, 0.15) is 5.75 Å². The SMILES string of the molecule is COc1ccccc1-c1ncc(C(C)Cl)c(C)n1. The van der Waals surface area contributed by atoms with E-state index in [4.69, 9.17) is 16.3 Å². The fraction of sp³-hybridized carbons (Fsp3) is 0.286. The van der Waals surface area contributed by atoms with Gasteiger partial charge in [0.15, 0.2) is 5.82 Å². The van der Waals surface area contributed by atoms with Crippen molar-refractivity contribution in [2.75, 3.05) is 7.11 Å². The van der Waals surface area contributed by atoms with Crippen molar-refractivity contribution in [1.29, 1.82) is 0 Å². The molecule has 1 unspecified atom stereocenters. The van der Waals surface area contributed by atoms with Crippen LogP contribution in [0.2, 0.25) is 0 Å². The number of para-hydroxylation sites is 1. The van der Waals surface area contributed by atoms with Crippen LogP contribution in [0.25, 0.3) is 11.4 Å². The van der Waals surface area contributed by atoms with Gasteiger partial charge in [0, 0.05) is 17.5 Å². The van der Waals surface area contributed by atoms with Gasteiger partial charge >= 0.3 is 0 Å². The van der Waals surface area contributed by atoms with Crippen LogP contribution in [0.5, 0.6) is 5.75 Å². The van der Waals surface area contributed by atoms with Crippen LogP contribution in [-0.4, -0.2) is 17.1 Å². The van der Waals surface area contributed by atoms with Crippen molar-refractivity contribution in [3.05, 3.63) is 41.7 Å². The summed E-state index contributed by atoms with van der Waals surface area (Å²) in [5.74, 6) is 1.43. The van der Waals surface area contributed by atoms with Crippen LogP contribution < -0.4 is 4.74 Å². The molecule has 1 atom stereocenters. The third-order valence-corrected chi connectivity index (χ3v) is 3.03. The second-order valence-electron chi connectivity index (χ2n) is 4.05. The molecule has 0 saturated carbocycles. The highest BCUT2D eigenvalue weighted by Crippen LogP contribution is 2.28. The third-order valence-electron chi connectivity index (χ3n) is 2.79. The highest BCUT2D eigenvalue weighted by molar-refractivity contribution is 6.20. The summed E-state index contributed by atoms with van der Waals surface area (Å²) in [6, 6.07) is 7.70. The lowest BCUT2D eigenvalue weighted by Crippen LogP contribution is -1.99. The second-order valence-corrected chi connectivity index (χ2v) is 4.71. The minimum absolute atomic E-state index is 0.0864. The molecule has 0 fully saturated rings. The van der Waals surface area contributed by atoms with Crippen LogP contribution >= 0.6 is 11.6 Å².